The number of rotatable bonds is 3. The lowest BCUT2D eigenvalue weighted by Crippen LogP contribution is -2.11. The molecule has 0 fully saturated rings. The van der Waals surface area contributed by atoms with Crippen molar-refractivity contribution in [2.24, 2.45) is 5.73 Å². The molecule has 21 heavy (non-hydrogen) atoms. The van der Waals surface area contributed by atoms with E-state index in [1.807, 2.05) is 0 Å². The van der Waals surface area contributed by atoms with E-state index in [4.69, 9.17) is 17.3 Å². The van der Waals surface area contributed by atoms with Gasteiger partial charge in [0.15, 0.2) is 0 Å². The van der Waals surface area contributed by atoms with Crippen molar-refractivity contribution < 1.29 is 22.5 Å². The van der Waals surface area contributed by atoms with Crippen LogP contribution in [0.4, 0.5) is 13.2 Å². The molecule has 110 valence electrons. The molecule has 0 atom stereocenters. The van der Waals surface area contributed by atoms with Crippen LogP contribution in [0.25, 0.3) is 17.0 Å². The smallest absolute Gasteiger partial charge is 0.366 e. The fraction of sp³-hybridized carbons (Fsp3) is 0.0833. The van der Waals surface area contributed by atoms with Gasteiger partial charge in [0.2, 0.25) is 11.7 Å². The van der Waals surface area contributed by atoms with Crippen molar-refractivity contribution in [3.8, 4) is 11.4 Å². The van der Waals surface area contributed by atoms with Crippen molar-refractivity contribution in [2.45, 2.75) is 6.18 Å². The highest BCUT2D eigenvalue weighted by atomic mass is 35.5. The fourth-order valence-corrected chi connectivity index (χ4v) is 1.74. The molecule has 1 aromatic carbocycles. The summed E-state index contributed by atoms with van der Waals surface area (Å²) < 4.78 is 41.3. The number of carbonyl (C=O) groups is 1. The standard InChI is InChI=1S/C12H7ClF3N3O2/c1-5(9(17)20)6-2-3-7(8(13)4-6)10-18-11(21-19-10)12(14,15)16/h2-4H,1H2,(H2,17,20). The van der Waals surface area contributed by atoms with Crippen LogP contribution in [0.2, 0.25) is 5.02 Å². The average Bonchev–Trinajstić information content (AvgIpc) is 2.86. The van der Waals surface area contributed by atoms with Gasteiger partial charge in [-0.1, -0.05) is 29.4 Å². The summed E-state index contributed by atoms with van der Waals surface area (Å²) in [5.74, 6) is -2.53. The lowest BCUT2D eigenvalue weighted by molar-refractivity contribution is -0.159. The zero-order chi connectivity index (χ0) is 15.8. The van der Waals surface area contributed by atoms with Crippen LogP contribution >= 0.6 is 11.6 Å². The van der Waals surface area contributed by atoms with Crippen molar-refractivity contribution in [3.05, 3.63) is 41.3 Å². The Bertz CT molecular complexity index is 725. The van der Waals surface area contributed by atoms with Crippen LogP contribution in [0.5, 0.6) is 0 Å². The van der Waals surface area contributed by atoms with E-state index >= 15 is 0 Å². The number of benzene rings is 1. The Hall–Kier alpha value is -2.35. The van der Waals surface area contributed by atoms with E-state index in [1.165, 1.54) is 18.2 Å². The predicted molar refractivity (Wildman–Crippen MR) is 68.0 cm³/mol. The lowest BCUT2D eigenvalue weighted by Gasteiger charge is -2.04. The largest absolute Gasteiger partial charge is 0.471 e. The van der Waals surface area contributed by atoms with Crippen LogP contribution in [0.15, 0.2) is 29.3 Å². The van der Waals surface area contributed by atoms with Crippen LogP contribution in [0.1, 0.15) is 11.5 Å². The summed E-state index contributed by atoms with van der Waals surface area (Å²) >= 11 is 5.94. The number of nitrogens with zero attached hydrogens (tertiary/aromatic N) is 2. The SMILES string of the molecule is C=C(C(N)=O)c1ccc(-c2noc(C(F)(F)F)n2)c(Cl)c1. The van der Waals surface area contributed by atoms with Gasteiger partial charge in [0, 0.05) is 11.1 Å². The summed E-state index contributed by atoms with van der Waals surface area (Å²) in [5.41, 5.74) is 5.56. The number of hydrogen-bond acceptors (Lipinski definition) is 4. The van der Waals surface area contributed by atoms with E-state index in [9.17, 15) is 18.0 Å². The Balaban J connectivity index is 2.40. The molecule has 2 N–H and O–H groups in total. The van der Waals surface area contributed by atoms with Crippen LogP contribution < -0.4 is 5.73 Å². The van der Waals surface area contributed by atoms with Crippen LogP contribution in [0.3, 0.4) is 0 Å². The first-order chi connectivity index (χ1) is 9.70. The molecule has 0 unspecified atom stereocenters. The quantitative estimate of drug-likeness (QED) is 0.882. The maximum atomic E-state index is 12.4. The number of nitrogens with two attached hydrogens (primary N) is 1. The van der Waals surface area contributed by atoms with Gasteiger partial charge in [0.1, 0.15) is 0 Å². The van der Waals surface area contributed by atoms with E-state index in [0.29, 0.717) is 5.56 Å². The second kappa shape index (κ2) is 5.21. The van der Waals surface area contributed by atoms with Crippen LogP contribution in [0, 0.1) is 0 Å². The van der Waals surface area contributed by atoms with Gasteiger partial charge >= 0.3 is 12.1 Å². The van der Waals surface area contributed by atoms with Crippen LogP contribution in [-0.2, 0) is 11.0 Å². The van der Waals surface area contributed by atoms with Gasteiger partial charge in [0.05, 0.1) is 5.02 Å². The third-order valence-electron chi connectivity index (χ3n) is 2.52. The number of amides is 1. The van der Waals surface area contributed by atoms with E-state index < -0.39 is 18.0 Å². The molecule has 9 heteroatoms. The number of carbonyl (C=O) groups excluding carboxylic acids is 1. The Kier molecular flexibility index (Phi) is 3.73. The van der Waals surface area contributed by atoms with E-state index in [2.05, 4.69) is 21.2 Å². The zero-order valence-electron chi connectivity index (χ0n) is 10.2. The first-order valence-electron chi connectivity index (χ1n) is 5.40. The van der Waals surface area contributed by atoms with Crippen molar-refractivity contribution in [1.29, 1.82) is 0 Å². The summed E-state index contributed by atoms with van der Waals surface area (Å²) in [4.78, 5) is 14.2. The molecule has 2 aromatic rings. The first-order valence-corrected chi connectivity index (χ1v) is 5.78. The molecule has 0 spiro atoms. The molecule has 0 saturated carbocycles. The molecule has 0 saturated heterocycles. The van der Waals surface area contributed by atoms with Crippen molar-refractivity contribution >= 4 is 23.1 Å². The summed E-state index contributed by atoms with van der Waals surface area (Å²) in [7, 11) is 0. The van der Waals surface area contributed by atoms with E-state index in [0.717, 1.165) is 0 Å². The van der Waals surface area contributed by atoms with E-state index in [1.54, 1.807) is 0 Å². The minimum atomic E-state index is -4.74. The highest BCUT2D eigenvalue weighted by Crippen LogP contribution is 2.32. The molecule has 1 amide bonds. The van der Waals surface area contributed by atoms with E-state index in [-0.39, 0.29) is 22.0 Å². The Morgan fingerprint density at radius 2 is 2.05 bits per heavy atom. The van der Waals surface area contributed by atoms with Crippen molar-refractivity contribution in [2.75, 3.05) is 0 Å². The number of aromatic nitrogens is 2. The molecule has 0 aliphatic heterocycles. The first kappa shape index (κ1) is 15.0. The fourth-order valence-electron chi connectivity index (χ4n) is 1.47. The Morgan fingerprint density at radius 3 is 2.52 bits per heavy atom. The predicted octanol–water partition coefficient (Wildman–Crippen LogP) is 2.91. The average molecular weight is 318 g/mol. The molecule has 1 heterocycles. The second-order valence-corrected chi connectivity index (χ2v) is 4.37. The number of halogens is 4. The topological polar surface area (TPSA) is 82.0 Å². The second-order valence-electron chi connectivity index (χ2n) is 3.96. The number of alkyl halides is 3. The molecular weight excluding hydrogens is 311 g/mol. The third-order valence-corrected chi connectivity index (χ3v) is 2.84. The molecule has 5 nitrogen and oxygen atoms in total. The Labute approximate surface area is 121 Å². The molecule has 0 radical (unpaired) electrons. The summed E-state index contributed by atoms with van der Waals surface area (Å²) in [6, 6.07) is 4.09. The van der Waals surface area contributed by atoms with Gasteiger partial charge in [-0.25, -0.2) is 0 Å². The highest BCUT2D eigenvalue weighted by molar-refractivity contribution is 6.33. The highest BCUT2D eigenvalue weighted by Gasteiger charge is 2.38. The minimum Gasteiger partial charge on any atom is -0.366 e. The number of primary amides is 1. The lowest BCUT2D eigenvalue weighted by atomic mass is 10.0. The van der Waals surface area contributed by atoms with Crippen LogP contribution in [-0.4, -0.2) is 16.0 Å². The summed E-state index contributed by atoms with van der Waals surface area (Å²) in [6.07, 6.45) is -4.74. The van der Waals surface area contributed by atoms with Gasteiger partial charge in [-0.05, 0) is 17.7 Å². The molecule has 0 aliphatic carbocycles. The molecule has 0 aliphatic rings. The van der Waals surface area contributed by atoms with Gasteiger partial charge < -0.3 is 10.3 Å². The normalized spacial score (nSPS) is 11.4. The summed E-state index contributed by atoms with van der Waals surface area (Å²) in [5, 5.41) is 3.25. The van der Waals surface area contributed by atoms with Crippen molar-refractivity contribution in [1.82, 2.24) is 10.1 Å². The molecule has 0 bridgehead atoms. The monoisotopic (exact) mass is 317 g/mol. The van der Waals surface area contributed by atoms with Gasteiger partial charge in [0.25, 0.3) is 0 Å². The maximum absolute atomic E-state index is 12.4. The van der Waals surface area contributed by atoms with Gasteiger partial charge in [-0.15, -0.1) is 0 Å². The maximum Gasteiger partial charge on any atom is 0.471 e. The zero-order valence-corrected chi connectivity index (χ0v) is 11.0. The van der Waals surface area contributed by atoms with Gasteiger partial charge in [-0.2, -0.15) is 18.2 Å². The van der Waals surface area contributed by atoms with Gasteiger partial charge in [-0.3, -0.25) is 4.79 Å². The Morgan fingerprint density at radius 1 is 1.38 bits per heavy atom. The summed E-state index contributed by atoms with van der Waals surface area (Å²) in [6.45, 7) is 3.47. The van der Waals surface area contributed by atoms with Crippen molar-refractivity contribution in [3.63, 3.8) is 0 Å². The molecule has 1 aromatic heterocycles. The molecule has 2 rings (SSSR count). The number of hydrogen-bond donors (Lipinski definition) is 1. The molecular formula is C12H7ClF3N3O2. The minimum absolute atomic E-state index is 0.0209. The third kappa shape index (κ3) is 3.05.